The molecule has 1 amide bonds. The second-order valence-electron chi connectivity index (χ2n) is 5.70. The van der Waals surface area contributed by atoms with E-state index in [1.807, 2.05) is 17.2 Å². The third kappa shape index (κ3) is 4.08. The Morgan fingerprint density at radius 3 is 2.36 bits per heavy atom. The van der Waals surface area contributed by atoms with Crippen LogP contribution in [-0.4, -0.2) is 60.0 Å². The molecule has 1 aromatic rings. The first kappa shape index (κ1) is 16.5. The molecule has 6 heteroatoms. The van der Waals surface area contributed by atoms with Gasteiger partial charge in [0, 0.05) is 52.4 Å². The zero-order valence-corrected chi connectivity index (χ0v) is 14.0. The summed E-state index contributed by atoms with van der Waals surface area (Å²) in [6, 6.07) is 1.96. The molecule has 1 aromatic heterocycles. The molecule has 2 heterocycles. The van der Waals surface area contributed by atoms with Gasteiger partial charge in [-0.2, -0.15) is 4.98 Å². The molecule has 122 valence electrons. The van der Waals surface area contributed by atoms with Gasteiger partial charge in [-0.15, -0.1) is 0 Å². The van der Waals surface area contributed by atoms with Crippen LogP contribution in [0.15, 0.2) is 12.3 Å². The summed E-state index contributed by atoms with van der Waals surface area (Å²) in [7, 11) is 0. The molecular formula is C16H27N5O. The van der Waals surface area contributed by atoms with Gasteiger partial charge in [0.05, 0.1) is 0 Å². The number of nitrogens with zero attached hydrogens (tertiary/aromatic N) is 5. The summed E-state index contributed by atoms with van der Waals surface area (Å²) in [5.41, 5.74) is 0. The molecule has 1 aliphatic rings. The highest BCUT2D eigenvalue weighted by Gasteiger charge is 2.20. The number of aromatic nitrogens is 2. The van der Waals surface area contributed by atoms with E-state index < -0.39 is 0 Å². The lowest BCUT2D eigenvalue weighted by Crippen LogP contribution is -2.48. The minimum atomic E-state index is 0.153. The second-order valence-corrected chi connectivity index (χ2v) is 5.70. The van der Waals surface area contributed by atoms with Crippen molar-refractivity contribution < 1.29 is 4.79 Å². The molecule has 1 saturated heterocycles. The summed E-state index contributed by atoms with van der Waals surface area (Å²) in [6.07, 6.45) is 4.02. The Morgan fingerprint density at radius 2 is 1.82 bits per heavy atom. The number of amides is 1. The van der Waals surface area contributed by atoms with Crippen molar-refractivity contribution in [1.29, 1.82) is 0 Å². The molecule has 0 spiro atoms. The quantitative estimate of drug-likeness (QED) is 0.802. The number of rotatable bonds is 6. The SMILES string of the molecule is CCCN(CCC)c1nccc(N2CCN(C(C)=O)CC2)n1. The van der Waals surface area contributed by atoms with Crippen LogP contribution in [0.1, 0.15) is 33.6 Å². The van der Waals surface area contributed by atoms with E-state index in [9.17, 15) is 4.79 Å². The summed E-state index contributed by atoms with van der Waals surface area (Å²) in [4.78, 5) is 27.0. The Bertz CT molecular complexity index is 479. The highest BCUT2D eigenvalue weighted by atomic mass is 16.2. The zero-order valence-electron chi connectivity index (χ0n) is 14.0. The minimum Gasteiger partial charge on any atom is -0.353 e. The van der Waals surface area contributed by atoms with Crippen LogP contribution in [0.4, 0.5) is 11.8 Å². The lowest BCUT2D eigenvalue weighted by Gasteiger charge is -2.35. The van der Waals surface area contributed by atoms with E-state index in [1.165, 1.54) is 0 Å². The Hall–Kier alpha value is -1.85. The molecule has 0 bridgehead atoms. The van der Waals surface area contributed by atoms with E-state index in [1.54, 1.807) is 6.92 Å². The Morgan fingerprint density at radius 1 is 1.18 bits per heavy atom. The van der Waals surface area contributed by atoms with Gasteiger partial charge in [0.2, 0.25) is 11.9 Å². The molecule has 0 atom stereocenters. The largest absolute Gasteiger partial charge is 0.353 e. The van der Waals surface area contributed by atoms with Crippen LogP contribution in [0.2, 0.25) is 0 Å². The average Bonchev–Trinajstić information content (AvgIpc) is 2.55. The summed E-state index contributed by atoms with van der Waals surface area (Å²) in [6.45, 7) is 11.1. The van der Waals surface area contributed by atoms with Crippen LogP contribution in [0.5, 0.6) is 0 Å². The van der Waals surface area contributed by atoms with Crippen molar-refractivity contribution in [2.45, 2.75) is 33.6 Å². The van der Waals surface area contributed by atoms with Crippen LogP contribution in [-0.2, 0) is 4.79 Å². The highest BCUT2D eigenvalue weighted by Crippen LogP contribution is 2.17. The molecule has 1 aliphatic heterocycles. The molecule has 0 saturated carbocycles. The summed E-state index contributed by atoms with van der Waals surface area (Å²) >= 11 is 0. The van der Waals surface area contributed by atoms with Crippen molar-refractivity contribution in [1.82, 2.24) is 14.9 Å². The predicted octanol–water partition coefficient (Wildman–Crippen LogP) is 1.77. The van der Waals surface area contributed by atoms with Crippen LogP contribution in [0.25, 0.3) is 0 Å². The predicted molar refractivity (Wildman–Crippen MR) is 89.3 cm³/mol. The first-order valence-corrected chi connectivity index (χ1v) is 8.24. The Kier molecular flexibility index (Phi) is 5.98. The fraction of sp³-hybridized carbons (Fsp3) is 0.688. The summed E-state index contributed by atoms with van der Waals surface area (Å²) in [5.74, 6) is 1.93. The molecular weight excluding hydrogens is 278 g/mol. The maximum absolute atomic E-state index is 11.4. The Balaban J connectivity index is 2.06. The summed E-state index contributed by atoms with van der Waals surface area (Å²) in [5, 5.41) is 0. The third-order valence-corrected chi connectivity index (χ3v) is 3.95. The van der Waals surface area contributed by atoms with Crippen molar-refractivity contribution in [3.63, 3.8) is 0 Å². The van der Waals surface area contributed by atoms with Crippen LogP contribution < -0.4 is 9.80 Å². The molecule has 0 unspecified atom stereocenters. The van der Waals surface area contributed by atoms with Gasteiger partial charge in [0.25, 0.3) is 0 Å². The van der Waals surface area contributed by atoms with Gasteiger partial charge in [-0.1, -0.05) is 13.8 Å². The molecule has 6 nitrogen and oxygen atoms in total. The molecule has 22 heavy (non-hydrogen) atoms. The number of carbonyl (C=O) groups excluding carboxylic acids is 1. The van der Waals surface area contributed by atoms with Gasteiger partial charge in [-0.3, -0.25) is 4.79 Å². The van der Waals surface area contributed by atoms with Gasteiger partial charge >= 0.3 is 0 Å². The summed E-state index contributed by atoms with van der Waals surface area (Å²) < 4.78 is 0. The van der Waals surface area contributed by atoms with Gasteiger partial charge in [-0.05, 0) is 18.9 Å². The van der Waals surface area contributed by atoms with Gasteiger partial charge in [0.15, 0.2) is 0 Å². The Labute approximate surface area is 133 Å². The van der Waals surface area contributed by atoms with E-state index in [0.29, 0.717) is 0 Å². The first-order valence-electron chi connectivity index (χ1n) is 8.24. The van der Waals surface area contributed by atoms with Crippen LogP contribution in [0, 0.1) is 0 Å². The van der Waals surface area contributed by atoms with Crippen molar-refractivity contribution >= 4 is 17.7 Å². The van der Waals surface area contributed by atoms with Crippen LogP contribution >= 0.6 is 0 Å². The second kappa shape index (κ2) is 7.96. The number of hydrogen-bond acceptors (Lipinski definition) is 5. The van der Waals surface area contributed by atoms with Crippen molar-refractivity contribution in [3.8, 4) is 0 Å². The van der Waals surface area contributed by atoms with Gasteiger partial charge in [0.1, 0.15) is 5.82 Å². The molecule has 1 fully saturated rings. The average molecular weight is 305 g/mol. The fourth-order valence-corrected chi connectivity index (χ4v) is 2.77. The lowest BCUT2D eigenvalue weighted by molar-refractivity contribution is -0.129. The number of carbonyl (C=O) groups is 1. The molecule has 0 radical (unpaired) electrons. The molecule has 0 aromatic carbocycles. The monoisotopic (exact) mass is 305 g/mol. The van der Waals surface area contributed by atoms with E-state index in [0.717, 1.165) is 63.9 Å². The molecule has 2 rings (SSSR count). The molecule has 0 aliphatic carbocycles. The number of hydrogen-bond donors (Lipinski definition) is 0. The number of piperazine rings is 1. The normalized spacial score (nSPS) is 15.0. The third-order valence-electron chi connectivity index (χ3n) is 3.95. The first-order chi connectivity index (χ1) is 10.7. The van der Waals surface area contributed by atoms with Crippen LogP contribution in [0.3, 0.4) is 0 Å². The van der Waals surface area contributed by atoms with E-state index in [-0.39, 0.29) is 5.91 Å². The molecule has 0 N–H and O–H groups in total. The lowest BCUT2D eigenvalue weighted by atomic mass is 10.3. The van der Waals surface area contributed by atoms with Crippen molar-refractivity contribution in [2.75, 3.05) is 49.1 Å². The minimum absolute atomic E-state index is 0.153. The van der Waals surface area contributed by atoms with Crippen molar-refractivity contribution in [2.24, 2.45) is 0 Å². The maximum Gasteiger partial charge on any atom is 0.227 e. The van der Waals surface area contributed by atoms with E-state index in [2.05, 4.69) is 28.6 Å². The van der Waals surface area contributed by atoms with E-state index in [4.69, 9.17) is 4.98 Å². The smallest absolute Gasteiger partial charge is 0.227 e. The van der Waals surface area contributed by atoms with Gasteiger partial charge < -0.3 is 14.7 Å². The standard InChI is InChI=1S/C16H27N5O/c1-4-8-21(9-5-2)16-17-7-6-15(18-16)20-12-10-19(11-13-20)14(3)22/h6-7H,4-5,8-13H2,1-3H3. The topological polar surface area (TPSA) is 52.6 Å². The maximum atomic E-state index is 11.4. The van der Waals surface area contributed by atoms with Gasteiger partial charge in [-0.25, -0.2) is 4.98 Å². The van der Waals surface area contributed by atoms with E-state index >= 15 is 0 Å². The fourth-order valence-electron chi connectivity index (χ4n) is 2.77. The zero-order chi connectivity index (χ0) is 15.9. The highest BCUT2D eigenvalue weighted by molar-refractivity contribution is 5.73. The van der Waals surface area contributed by atoms with Crippen molar-refractivity contribution in [3.05, 3.63) is 12.3 Å². The number of anilines is 2.